The minimum Gasteiger partial charge on any atom is -0.384 e. The molecule has 2 unspecified atom stereocenters. The molecule has 108 valence electrons. The van der Waals surface area contributed by atoms with Gasteiger partial charge in [0.2, 0.25) is 0 Å². The van der Waals surface area contributed by atoms with Crippen LogP contribution in [0.2, 0.25) is 0 Å². The lowest BCUT2D eigenvalue weighted by Gasteiger charge is -2.45. The smallest absolute Gasteiger partial charge is 0.140 e. The summed E-state index contributed by atoms with van der Waals surface area (Å²) in [5, 5.41) is 7.88. The second-order valence-electron chi connectivity index (χ2n) is 6.19. The fourth-order valence-electron chi connectivity index (χ4n) is 3.98. The Labute approximate surface area is 120 Å². The second kappa shape index (κ2) is 5.43. The standard InChI is InChI=1S/C16H24N4/c1-11-8-9-19-16(14(11)15(17)18)20-10-4-6-12-5-2-3-7-13(12)20/h8-9,12-13H,2-7,10H2,1H3,(H3,17,18). The SMILES string of the molecule is Cc1ccnc(N2CCCC3CCCCC32)c1C(=N)N. The van der Waals surface area contributed by atoms with Crippen molar-refractivity contribution >= 4 is 11.7 Å². The van der Waals surface area contributed by atoms with Gasteiger partial charge in [-0.1, -0.05) is 12.8 Å². The quantitative estimate of drug-likeness (QED) is 0.642. The van der Waals surface area contributed by atoms with Crippen molar-refractivity contribution in [1.82, 2.24) is 4.98 Å². The molecule has 3 N–H and O–H groups in total. The monoisotopic (exact) mass is 272 g/mol. The topological polar surface area (TPSA) is 66.0 Å². The maximum absolute atomic E-state index is 7.88. The number of fused-ring (bicyclic) bond motifs is 1. The molecule has 2 atom stereocenters. The molecule has 1 aliphatic heterocycles. The predicted molar refractivity (Wildman–Crippen MR) is 82.3 cm³/mol. The van der Waals surface area contributed by atoms with E-state index in [1.807, 2.05) is 19.2 Å². The Balaban J connectivity index is 1.99. The summed E-state index contributed by atoms with van der Waals surface area (Å²) in [6, 6.07) is 2.55. The Hall–Kier alpha value is -1.58. The fraction of sp³-hybridized carbons (Fsp3) is 0.625. The van der Waals surface area contributed by atoms with Crippen LogP contribution in [0.4, 0.5) is 5.82 Å². The van der Waals surface area contributed by atoms with Gasteiger partial charge in [-0.25, -0.2) is 4.98 Å². The van der Waals surface area contributed by atoms with Gasteiger partial charge in [-0.3, -0.25) is 5.41 Å². The zero-order valence-electron chi connectivity index (χ0n) is 12.2. The van der Waals surface area contributed by atoms with E-state index in [9.17, 15) is 0 Å². The molecule has 0 bridgehead atoms. The van der Waals surface area contributed by atoms with Crippen molar-refractivity contribution in [3.63, 3.8) is 0 Å². The molecule has 2 heterocycles. The summed E-state index contributed by atoms with van der Waals surface area (Å²) in [7, 11) is 0. The molecule has 0 spiro atoms. The van der Waals surface area contributed by atoms with Gasteiger partial charge in [0.15, 0.2) is 0 Å². The highest BCUT2D eigenvalue weighted by atomic mass is 15.2. The molecule has 4 nitrogen and oxygen atoms in total. The minimum atomic E-state index is 0.142. The summed E-state index contributed by atoms with van der Waals surface area (Å²) in [5.41, 5.74) is 7.69. The molecular formula is C16H24N4. The average molecular weight is 272 g/mol. The van der Waals surface area contributed by atoms with E-state index in [4.69, 9.17) is 11.1 Å². The lowest BCUT2D eigenvalue weighted by Crippen LogP contribution is -2.48. The van der Waals surface area contributed by atoms with Gasteiger partial charge < -0.3 is 10.6 Å². The van der Waals surface area contributed by atoms with Gasteiger partial charge in [0.05, 0.1) is 5.56 Å². The Bertz CT molecular complexity index is 509. The van der Waals surface area contributed by atoms with Crippen molar-refractivity contribution in [1.29, 1.82) is 5.41 Å². The molecule has 20 heavy (non-hydrogen) atoms. The van der Waals surface area contributed by atoms with Crippen molar-refractivity contribution in [2.75, 3.05) is 11.4 Å². The van der Waals surface area contributed by atoms with E-state index in [-0.39, 0.29) is 5.84 Å². The highest BCUT2D eigenvalue weighted by molar-refractivity contribution is 6.01. The summed E-state index contributed by atoms with van der Waals surface area (Å²) in [5.74, 6) is 1.89. The number of piperidine rings is 1. The largest absolute Gasteiger partial charge is 0.384 e. The average Bonchev–Trinajstić information content (AvgIpc) is 2.46. The van der Waals surface area contributed by atoms with Gasteiger partial charge in [-0.15, -0.1) is 0 Å². The first-order valence-corrected chi connectivity index (χ1v) is 7.75. The van der Waals surface area contributed by atoms with E-state index < -0.39 is 0 Å². The van der Waals surface area contributed by atoms with Crippen LogP contribution >= 0.6 is 0 Å². The summed E-state index contributed by atoms with van der Waals surface area (Å²) in [4.78, 5) is 7.02. The molecule has 0 amide bonds. The van der Waals surface area contributed by atoms with Crippen molar-refractivity contribution in [3.05, 3.63) is 23.4 Å². The van der Waals surface area contributed by atoms with Crippen LogP contribution in [-0.4, -0.2) is 23.4 Å². The number of pyridine rings is 1. The Morgan fingerprint density at radius 2 is 2.05 bits per heavy atom. The van der Waals surface area contributed by atoms with Crippen molar-refractivity contribution in [2.24, 2.45) is 11.7 Å². The summed E-state index contributed by atoms with van der Waals surface area (Å²) in [6.45, 7) is 3.07. The first kappa shape index (κ1) is 13.4. The molecule has 0 radical (unpaired) electrons. The molecule has 4 heteroatoms. The zero-order chi connectivity index (χ0) is 14.1. The maximum atomic E-state index is 7.88. The van der Waals surface area contributed by atoms with Crippen LogP contribution in [0.15, 0.2) is 12.3 Å². The van der Waals surface area contributed by atoms with Crippen LogP contribution in [0.3, 0.4) is 0 Å². The second-order valence-corrected chi connectivity index (χ2v) is 6.19. The number of aromatic nitrogens is 1. The number of nitrogen functional groups attached to an aromatic ring is 1. The number of anilines is 1. The number of rotatable bonds is 2. The number of hydrogen-bond donors (Lipinski definition) is 2. The molecule has 2 fully saturated rings. The summed E-state index contributed by atoms with van der Waals surface area (Å²) in [6.07, 6.45) is 9.73. The van der Waals surface area contributed by atoms with Crippen LogP contribution < -0.4 is 10.6 Å². The molecule has 1 aromatic heterocycles. The maximum Gasteiger partial charge on any atom is 0.140 e. The van der Waals surface area contributed by atoms with Gasteiger partial charge >= 0.3 is 0 Å². The first-order chi connectivity index (χ1) is 9.68. The van der Waals surface area contributed by atoms with E-state index >= 15 is 0 Å². The van der Waals surface area contributed by atoms with Crippen molar-refractivity contribution < 1.29 is 0 Å². The first-order valence-electron chi connectivity index (χ1n) is 7.75. The van der Waals surface area contributed by atoms with Crippen LogP contribution in [0, 0.1) is 18.3 Å². The van der Waals surface area contributed by atoms with Crippen LogP contribution in [0.5, 0.6) is 0 Å². The van der Waals surface area contributed by atoms with E-state index in [0.29, 0.717) is 6.04 Å². The van der Waals surface area contributed by atoms with E-state index in [1.54, 1.807) is 0 Å². The number of nitrogens with one attached hydrogen (secondary N) is 1. The van der Waals surface area contributed by atoms with Gasteiger partial charge in [0.25, 0.3) is 0 Å². The van der Waals surface area contributed by atoms with Crippen LogP contribution in [-0.2, 0) is 0 Å². The van der Waals surface area contributed by atoms with Gasteiger partial charge in [-0.2, -0.15) is 0 Å². The van der Waals surface area contributed by atoms with Crippen LogP contribution in [0.1, 0.15) is 49.7 Å². The Kier molecular flexibility index (Phi) is 3.64. The lowest BCUT2D eigenvalue weighted by atomic mass is 9.78. The molecule has 1 aliphatic carbocycles. The molecule has 2 aliphatic rings. The highest BCUT2D eigenvalue weighted by Crippen LogP contribution is 2.38. The summed E-state index contributed by atoms with van der Waals surface area (Å²) < 4.78 is 0. The molecule has 1 aromatic rings. The van der Waals surface area contributed by atoms with E-state index in [2.05, 4.69) is 9.88 Å². The number of amidine groups is 1. The number of hydrogen-bond acceptors (Lipinski definition) is 3. The molecule has 1 saturated heterocycles. The fourth-order valence-corrected chi connectivity index (χ4v) is 3.98. The molecule has 1 saturated carbocycles. The number of nitrogens with zero attached hydrogens (tertiary/aromatic N) is 2. The zero-order valence-corrected chi connectivity index (χ0v) is 12.2. The van der Waals surface area contributed by atoms with E-state index in [0.717, 1.165) is 29.4 Å². The van der Waals surface area contributed by atoms with Crippen molar-refractivity contribution in [2.45, 2.75) is 51.5 Å². The highest BCUT2D eigenvalue weighted by Gasteiger charge is 2.35. The summed E-state index contributed by atoms with van der Waals surface area (Å²) >= 11 is 0. The lowest BCUT2D eigenvalue weighted by molar-refractivity contribution is 0.242. The Morgan fingerprint density at radius 1 is 1.30 bits per heavy atom. The normalized spacial score (nSPS) is 26.1. The third-order valence-electron chi connectivity index (χ3n) is 4.92. The third-order valence-corrected chi connectivity index (χ3v) is 4.92. The van der Waals surface area contributed by atoms with E-state index in [1.165, 1.54) is 38.5 Å². The Morgan fingerprint density at radius 3 is 2.85 bits per heavy atom. The molecular weight excluding hydrogens is 248 g/mol. The number of aryl methyl sites for hydroxylation is 1. The van der Waals surface area contributed by atoms with Gasteiger partial charge in [0.1, 0.15) is 11.7 Å². The van der Waals surface area contributed by atoms with Gasteiger partial charge in [0, 0.05) is 18.8 Å². The third kappa shape index (κ3) is 2.28. The number of nitrogens with two attached hydrogens (primary N) is 1. The molecule has 3 rings (SSSR count). The minimum absolute atomic E-state index is 0.142. The van der Waals surface area contributed by atoms with Crippen molar-refractivity contribution in [3.8, 4) is 0 Å². The molecule has 0 aromatic carbocycles. The predicted octanol–water partition coefficient (Wildman–Crippen LogP) is 2.83. The van der Waals surface area contributed by atoms with Crippen LogP contribution in [0.25, 0.3) is 0 Å². The van der Waals surface area contributed by atoms with Gasteiger partial charge in [-0.05, 0) is 50.2 Å².